The van der Waals surface area contributed by atoms with Crippen LogP contribution in [0.4, 0.5) is 0 Å². The number of para-hydroxylation sites is 1. The number of rotatable bonds is 6. The molecule has 1 heterocycles. The minimum atomic E-state index is -0.193. The van der Waals surface area contributed by atoms with Crippen molar-refractivity contribution < 1.29 is 9.53 Å². The molecule has 0 radical (unpaired) electrons. The monoisotopic (exact) mass is 365 g/mol. The van der Waals surface area contributed by atoms with E-state index in [1.54, 1.807) is 30.2 Å². The highest BCUT2D eigenvalue weighted by molar-refractivity contribution is 5.79. The van der Waals surface area contributed by atoms with E-state index in [-0.39, 0.29) is 30.5 Å². The van der Waals surface area contributed by atoms with Crippen LogP contribution in [-0.2, 0) is 17.8 Å². The molecule has 0 aliphatic carbocycles. The van der Waals surface area contributed by atoms with Crippen molar-refractivity contribution in [2.24, 2.45) is 0 Å². The van der Waals surface area contributed by atoms with Gasteiger partial charge in [0.1, 0.15) is 11.6 Å². The maximum absolute atomic E-state index is 12.8. The van der Waals surface area contributed by atoms with E-state index in [9.17, 15) is 9.59 Å². The second-order valence-electron chi connectivity index (χ2n) is 6.67. The molecule has 0 aliphatic rings. The number of nitrogens with zero attached hydrogens (tertiary/aromatic N) is 2. The normalized spacial score (nSPS) is 11.0. The Labute approximate surface area is 157 Å². The Balaban J connectivity index is 1.80. The highest BCUT2D eigenvalue weighted by Crippen LogP contribution is 2.14. The molecule has 1 N–H and O–H groups in total. The van der Waals surface area contributed by atoms with Crippen LogP contribution in [0.3, 0.4) is 0 Å². The summed E-state index contributed by atoms with van der Waals surface area (Å²) in [6.07, 6.45) is 0.278. The number of aromatic amines is 1. The van der Waals surface area contributed by atoms with Gasteiger partial charge in [0.25, 0.3) is 5.56 Å². The molecule has 2 aromatic carbocycles. The maximum Gasteiger partial charge on any atom is 0.258 e. The van der Waals surface area contributed by atoms with E-state index in [0.29, 0.717) is 16.7 Å². The van der Waals surface area contributed by atoms with E-state index >= 15 is 0 Å². The van der Waals surface area contributed by atoms with Gasteiger partial charge in [0.15, 0.2) is 0 Å². The van der Waals surface area contributed by atoms with Gasteiger partial charge in [0.05, 0.1) is 31.0 Å². The van der Waals surface area contributed by atoms with Gasteiger partial charge in [-0.15, -0.1) is 0 Å². The van der Waals surface area contributed by atoms with Crippen LogP contribution in [0.1, 0.15) is 25.2 Å². The van der Waals surface area contributed by atoms with E-state index in [1.165, 1.54) is 0 Å². The number of methoxy groups -OCH3 is 1. The van der Waals surface area contributed by atoms with Gasteiger partial charge >= 0.3 is 0 Å². The summed E-state index contributed by atoms with van der Waals surface area (Å²) in [6.45, 7) is 4.16. The third-order valence-electron chi connectivity index (χ3n) is 4.44. The first-order valence-electron chi connectivity index (χ1n) is 8.88. The first-order chi connectivity index (χ1) is 13.0. The van der Waals surface area contributed by atoms with Crippen molar-refractivity contribution in [1.82, 2.24) is 14.9 Å². The van der Waals surface area contributed by atoms with Crippen molar-refractivity contribution in [3.63, 3.8) is 0 Å². The first-order valence-corrected chi connectivity index (χ1v) is 8.88. The van der Waals surface area contributed by atoms with Crippen molar-refractivity contribution in [2.45, 2.75) is 32.9 Å². The lowest BCUT2D eigenvalue weighted by molar-refractivity contribution is -0.132. The molecular formula is C21H23N3O3. The Bertz CT molecular complexity index is 993. The number of fused-ring (bicyclic) bond motifs is 1. The maximum atomic E-state index is 12.8. The number of nitrogens with one attached hydrogen (secondary N) is 1. The molecule has 0 fully saturated rings. The van der Waals surface area contributed by atoms with E-state index < -0.39 is 0 Å². The summed E-state index contributed by atoms with van der Waals surface area (Å²) in [7, 11) is 1.61. The molecule has 0 saturated heterocycles. The lowest BCUT2D eigenvalue weighted by Gasteiger charge is -2.26. The minimum Gasteiger partial charge on any atom is -0.497 e. The van der Waals surface area contributed by atoms with Crippen molar-refractivity contribution in [3.05, 3.63) is 70.3 Å². The van der Waals surface area contributed by atoms with Gasteiger partial charge in [-0.05, 0) is 43.7 Å². The number of benzene rings is 2. The van der Waals surface area contributed by atoms with E-state index in [2.05, 4.69) is 9.97 Å². The van der Waals surface area contributed by atoms with E-state index in [0.717, 1.165) is 11.3 Å². The summed E-state index contributed by atoms with van der Waals surface area (Å²) in [5.41, 5.74) is 1.34. The molecule has 0 aliphatic heterocycles. The van der Waals surface area contributed by atoms with Gasteiger partial charge in [0.2, 0.25) is 5.91 Å². The second kappa shape index (κ2) is 8.03. The van der Waals surface area contributed by atoms with Gasteiger partial charge in [-0.1, -0.05) is 24.3 Å². The molecule has 1 amide bonds. The molecule has 27 heavy (non-hydrogen) atoms. The number of amides is 1. The second-order valence-corrected chi connectivity index (χ2v) is 6.67. The zero-order valence-corrected chi connectivity index (χ0v) is 15.7. The SMILES string of the molecule is COc1ccc(CC(=O)N(Cc2nc3ccccc3c(=O)[nH]2)C(C)C)cc1. The van der Waals surface area contributed by atoms with Crippen LogP contribution < -0.4 is 10.3 Å². The molecule has 140 valence electrons. The van der Waals surface area contributed by atoms with Gasteiger partial charge < -0.3 is 14.6 Å². The fraction of sp³-hybridized carbons (Fsp3) is 0.286. The van der Waals surface area contributed by atoms with Gasteiger partial charge in [-0.25, -0.2) is 4.98 Å². The summed E-state index contributed by atoms with van der Waals surface area (Å²) in [5.74, 6) is 1.21. The van der Waals surface area contributed by atoms with Crippen LogP contribution in [-0.4, -0.2) is 33.9 Å². The molecule has 0 saturated carbocycles. The topological polar surface area (TPSA) is 75.3 Å². The van der Waals surface area contributed by atoms with Crippen molar-refractivity contribution >= 4 is 16.8 Å². The smallest absolute Gasteiger partial charge is 0.258 e. The molecule has 1 aromatic heterocycles. The van der Waals surface area contributed by atoms with E-state index in [4.69, 9.17) is 4.74 Å². The Morgan fingerprint density at radius 3 is 2.52 bits per heavy atom. The molecular weight excluding hydrogens is 342 g/mol. The Hall–Kier alpha value is -3.15. The fourth-order valence-electron chi connectivity index (χ4n) is 2.95. The van der Waals surface area contributed by atoms with Crippen LogP contribution in [0.15, 0.2) is 53.3 Å². The number of hydrogen-bond acceptors (Lipinski definition) is 4. The summed E-state index contributed by atoms with van der Waals surface area (Å²) in [4.78, 5) is 34.1. The quantitative estimate of drug-likeness (QED) is 0.729. The number of aromatic nitrogens is 2. The molecule has 0 bridgehead atoms. The average Bonchev–Trinajstić information content (AvgIpc) is 2.66. The van der Waals surface area contributed by atoms with E-state index in [1.807, 2.05) is 44.2 Å². The van der Waals surface area contributed by atoms with Crippen LogP contribution in [0, 0.1) is 0 Å². The predicted molar refractivity (Wildman–Crippen MR) is 105 cm³/mol. The first kappa shape index (κ1) is 18.6. The lowest BCUT2D eigenvalue weighted by Crippen LogP contribution is -2.38. The highest BCUT2D eigenvalue weighted by atomic mass is 16.5. The van der Waals surface area contributed by atoms with Gasteiger partial charge in [0, 0.05) is 6.04 Å². The van der Waals surface area contributed by atoms with Gasteiger partial charge in [-0.3, -0.25) is 9.59 Å². The summed E-state index contributed by atoms with van der Waals surface area (Å²) < 4.78 is 5.15. The van der Waals surface area contributed by atoms with Crippen molar-refractivity contribution in [3.8, 4) is 5.75 Å². The van der Waals surface area contributed by atoms with Crippen molar-refractivity contribution in [2.75, 3.05) is 7.11 Å². The number of carbonyl (C=O) groups excluding carboxylic acids is 1. The number of hydrogen-bond donors (Lipinski definition) is 1. The molecule has 0 atom stereocenters. The molecule has 0 spiro atoms. The number of ether oxygens (including phenoxy) is 1. The molecule has 3 aromatic rings. The summed E-state index contributed by atoms with van der Waals surface area (Å²) >= 11 is 0. The summed E-state index contributed by atoms with van der Waals surface area (Å²) in [5, 5.41) is 0.543. The third kappa shape index (κ3) is 4.34. The predicted octanol–water partition coefficient (Wildman–Crippen LogP) is 2.91. The average molecular weight is 365 g/mol. The Morgan fingerprint density at radius 1 is 1.15 bits per heavy atom. The number of H-pyrrole nitrogens is 1. The summed E-state index contributed by atoms with van der Waals surface area (Å²) in [6, 6.07) is 14.6. The largest absolute Gasteiger partial charge is 0.497 e. The number of carbonyl (C=O) groups is 1. The zero-order chi connectivity index (χ0) is 19.4. The zero-order valence-electron chi connectivity index (χ0n) is 15.7. The lowest BCUT2D eigenvalue weighted by atomic mass is 10.1. The fourth-order valence-corrected chi connectivity index (χ4v) is 2.95. The Morgan fingerprint density at radius 2 is 1.85 bits per heavy atom. The highest BCUT2D eigenvalue weighted by Gasteiger charge is 2.19. The van der Waals surface area contributed by atoms with Crippen LogP contribution >= 0.6 is 0 Å². The standard InChI is InChI=1S/C21H23N3O3/c1-14(2)24(20(25)12-15-8-10-16(27-3)11-9-15)13-19-22-18-7-5-4-6-17(18)21(26)23-19/h4-11,14H,12-13H2,1-3H3,(H,22,23,26). The molecule has 6 nitrogen and oxygen atoms in total. The molecule has 0 unspecified atom stereocenters. The van der Waals surface area contributed by atoms with Crippen LogP contribution in [0.25, 0.3) is 10.9 Å². The van der Waals surface area contributed by atoms with Crippen LogP contribution in [0.2, 0.25) is 0 Å². The van der Waals surface area contributed by atoms with Crippen molar-refractivity contribution in [1.29, 1.82) is 0 Å². The third-order valence-corrected chi connectivity index (χ3v) is 4.44. The minimum absolute atomic E-state index is 0.0208. The van der Waals surface area contributed by atoms with Crippen LogP contribution in [0.5, 0.6) is 5.75 Å². The Kier molecular flexibility index (Phi) is 5.54. The molecule has 6 heteroatoms. The molecule has 3 rings (SSSR count). The van der Waals surface area contributed by atoms with Gasteiger partial charge in [-0.2, -0.15) is 0 Å².